The molecule has 0 spiro atoms. The van der Waals surface area contributed by atoms with E-state index in [0.29, 0.717) is 54.7 Å². The van der Waals surface area contributed by atoms with Gasteiger partial charge in [-0.25, -0.2) is 4.98 Å². The van der Waals surface area contributed by atoms with Gasteiger partial charge in [-0.2, -0.15) is 29.9 Å². The Kier molecular flexibility index (Phi) is 8.19. The lowest BCUT2D eigenvalue weighted by atomic mass is 10.2. The van der Waals surface area contributed by atoms with Crippen LogP contribution in [0.4, 0.5) is 17.5 Å². The van der Waals surface area contributed by atoms with Crippen molar-refractivity contribution in [2.75, 3.05) is 37.5 Å². The van der Waals surface area contributed by atoms with Crippen molar-refractivity contribution in [2.24, 2.45) is 0 Å². The molecule has 256 valence electrons. The van der Waals surface area contributed by atoms with Gasteiger partial charge in [-0.1, -0.05) is 24.3 Å². The summed E-state index contributed by atoms with van der Waals surface area (Å²) in [7, 11) is 0. The number of nitrogen functional groups attached to an aromatic ring is 1. The smallest absolute Gasteiger partial charge is 0.320 e. The third-order valence-electron chi connectivity index (χ3n) is 8.11. The fraction of sp³-hybridized carbons (Fsp3) is 0.303. The van der Waals surface area contributed by atoms with E-state index in [9.17, 15) is 10.2 Å². The number of pyridine rings is 1. The first kappa shape index (κ1) is 30.9. The largest absolute Gasteiger partial charge is 0.494 e. The van der Waals surface area contributed by atoms with Gasteiger partial charge in [0.15, 0.2) is 34.0 Å². The number of benzene rings is 1. The van der Waals surface area contributed by atoms with E-state index in [2.05, 4.69) is 35.2 Å². The van der Waals surface area contributed by atoms with Crippen LogP contribution >= 0.6 is 0 Å². The van der Waals surface area contributed by atoms with Crippen LogP contribution in [0.15, 0.2) is 48.6 Å². The van der Waals surface area contributed by atoms with Crippen LogP contribution in [0.5, 0.6) is 35.5 Å². The molecule has 8 bridgehead atoms. The molecule has 7 heterocycles. The van der Waals surface area contributed by atoms with E-state index in [4.69, 9.17) is 29.7 Å². The van der Waals surface area contributed by atoms with E-state index in [1.807, 2.05) is 36.4 Å². The Bertz CT molecular complexity index is 2230. The summed E-state index contributed by atoms with van der Waals surface area (Å²) in [5.41, 5.74) is 8.71. The number of aromatic hydroxyl groups is 2. The highest BCUT2D eigenvalue weighted by atomic mass is 16.5. The van der Waals surface area contributed by atoms with E-state index in [0.717, 1.165) is 30.6 Å². The van der Waals surface area contributed by atoms with Crippen LogP contribution < -0.4 is 30.0 Å². The van der Waals surface area contributed by atoms with Crippen molar-refractivity contribution < 1.29 is 29.2 Å². The van der Waals surface area contributed by atoms with Gasteiger partial charge in [0.05, 0.1) is 38.6 Å². The minimum atomic E-state index is -0.320. The molecule has 2 aliphatic heterocycles. The molecule has 6 aromatic rings. The second-order valence-corrected chi connectivity index (χ2v) is 11.7. The standard InChI is InChI=1S/C33H33N11O6/c34-26-24-28-41-30(39-26)49-12-5-2-4-11-48-22-15-20(18-44(28)32(45)37-24)35-23(16-22)36-27-25-29-42-31(40-27)50-13-6-1-3-10-47-21-9-7-8-19(14-21)17-43(29)33(46)38-25/h2,4,7-9,14-16H,1,3,5-6,10-13,17-18H2,(H,37,45)(H,38,46)(H2,34,39,41)(H,35,36,40,42)/b4-2-. The number of imidazole rings is 2. The van der Waals surface area contributed by atoms with Crippen molar-refractivity contribution in [3.05, 3.63) is 59.8 Å². The molecule has 50 heavy (non-hydrogen) atoms. The molecule has 0 radical (unpaired) electrons. The van der Waals surface area contributed by atoms with Crippen LogP contribution in [0.25, 0.3) is 22.3 Å². The molecular formula is C33H33N11O6. The topological polar surface area (TPSA) is 216 Å². The van der Waals surface area contributed by atoms with E-state index in [1.165, 1.54) is 4.57 Å². The van der Waals surface area contributed by atoms with Crippen molar-refractivity contribution in [3.8, 4) is 35.5 Å². The molecule has 5 aromatic heterocycles. The van der Waals surface area contributed by atoms with Crippen molar-refractivity contribution in [1.82, 2.24) is 44.0 Å². The summed E-state index contributed by atoms with van der Waals surface area (Å²) in [6.45, 7) is 1.90. The van der Waals surface area contributed by atoms with Crippen LogP contribution in [0.3, 0.4) is 0 Å². The number of hydrogen-bond donors (Lipinski definition) is 4. The molecule has 17 nitrogen and oxygen atoms in total. The molecule has 0 atom stereocenters. The Hall–Kier alpha value is -6.39. The average molecular weight is 680 g/mol. The minimum Gasteiger partial charge on any atom is -0.494 e. The van der Waals surface area contributed by atoms with E-state index < -0.39 is 0 Å². The summed E-state index contributed by atoms with van der Waals surface area (Å²) in [6, 6.07) is 10.8. The third-order valence-corrected chi connectivity index (χ3v) is 8.11. The highest BCUT2D eigenvalue weighted by molar-refractivity contribution is 5.86. The number of nitrogens with one attached hydrogen (secondary N) is 1. The lowest BCUT2D eigenvalue weighted by Gasteiger charge is -2.13. The molecule has 8 rings (SSSR count). The van der Waals surface area contributed by atoms with E-state index >= 15 is 0 Å². The quantitative estimate of drug-likeness (QED) is 0.191. The lowest BCUT2D eigenvalue weighted by molar-refractivity contribution is 0.267. The molecule has 0 amide bonds. The Labute approximate surface area is 284 Å². The van der Waals surface area contributed by atoms with Crippen LogP contribution in [0.2, 0.25) is 0 Å². The van der Waals surface area contributed by atoms with Crippen molar-refractivity contribution in [3.63, 3.8) is 0 Å². The van der Waals surface area contributed by atoms with Gasteiger partial charge in [0.25, 0.3) is 12.0 Å². The Balaban J connectivity index is 1.20. The van der Waals surface area contributed by atoms with Crippen molar-refractivity contribution in [2.45, 2.75) is 38.8 Å². The van der Waals surface area contributed by atoms with Crippen molar-refractivity contribution >= 4 is 39.8 Å². The number of nitrogens with two attached hydrogens (primary N) is 1. The average Bonchev–Trinajstić information content (AvgIpc) is 3.58. The first-order chi connectivity index (χ1) is 24.5. The molecule has 1 aromatic carbocycles. The monoisotopic (exact) mass is 679 g/mol. The summed E-state index contributed by atoms with van der Waals surface area (Å²) in [5, 5.41) is 25.1. The lowest BCUT2D eigenvalue weighted by Crippen LogP contribution is -2.09. The Morgan fingerprint density at radius 2 is 1.44 bits per heavy atom. The van der Waals surface area contributed by atoms with E-state index in [1.54, 1.807) is 16.7 Å². The molecule has 0 saturated carbocycles. The number of ether oxygens (including phenoxy) is 4. The fourth-order valence-corrected chi connectivity index (χ4v) is 5.74. The highest BCUT2D eigenvalue weighted by Crippen LogP contribution is 2.32. The minimum absolute atomic E-state index is 0.0473. The second-order valence-electron chi connectivity index (χ2n) is 11.7. The Morgan fingerprint density at radius 3 is 2.32 bits per heavy atom. The second kappa shape index (κ2) is 13.3. The zero-order valence-corrected chi connectivity index (χ0v) is 26.8. The molecule has 17 heteroatoms. The van der Waals surface area contributed by atoms with Crippen LogP contribution in [-0.2, 0) is 13.1 Å². The molecule has 0 aliphatic carbocycles. The van der Waals surface area contributed by atoms with Gasteiger partial charge < -0.3 is 40.2 Å². The summed E-state index contributed by atoms with van der Waals surface area (Å²) in [4.78, 5) is 31.3. The van der Waals surface area contributed by atoms with Gasteiger partial charge in [-0.15, -0.1) is 0 Å². The van der Waals surface area contributed by atoms with Gasteiger partial charge in [-0.05, 0) is 43.4 Å². The summed E-state index contributed by atoms with van der Waals surface area (Å²) >= 11 is 0. The van der Waals surface area contributed by atoms with Crippen LogP contribution in [-0.4, -0.2) is 80.7 Å². The molecule has 2 aliphatic rings. The van der Waals surface area contributed by atoms with E-state index in [-0.39, 0.29) is 66.5 Å². The van der Waals surface area contributed by atoms with Crippen molar-refractivity contribution in [1.29, 1.82) is 0 Å². The zero-order chi connectivity index (χ0) is 34.0. The number of aromatic nitrogens is 9. The number of hydrogen-bond acceptors (Lipinski definition) is 15. The first-order valence-electron chi connectivity index (χ1n) is 16.2. The predicted octanol–water partition coefficient (Wildman–Crippen LogP) is 3.85. The number of rotatable bonds is 2. The number of fused-ring (bicyclic) bond motifs is 6. The maximum absolute atomic E-state index is 11.0. The summed E-state index contributed by atoms with van der Waals surface area (Å²) < 4.78 is 26.8. The maximum atomic E-state index is 11.0. The number of anilines is 3. The molecular weight excluding hydrogens is 646 g/mol. The molecule has 0 saturated heterocycles. The predicted molar refractivity (Wildman–Crippen MR) is 180 cm³/mol. The first-order valence-corrected chi connectivity index (χ1v) is 16.2. The number of nitrogens with zero attached hydrogens (tertiary/aromatic N) is 9. The van der Waals surface area contributed by atoms with Gasteiger partial charge >= 0.3 is 12.0 Å². The maximum Gasteiger partial charge on any atom is 0.320 e. The van der Waals surface area contributed by atoms with Gasteiger partial charge in [0.1, 0.15) is 23.9 Å². The SMILES string of the molecule is Nc1nc2nc3c1nc(O)n3Cc1cc(cc(Nc3nc4nc5c3nc(O)n5Cc3cccc(c3)OCCCCCO4)n1)OC/C=C\CCO2. The normalized spacial score (nSPS) is 15.8. The fourth-order valence-electron chi connectivity index (χ4n) is 5.74. The summed E-state index contributed by atoms with van der Waals surface area (Å²) in [5.74, 6) is 1.94. The van der Waals surface area contributed by atoms with Gasteiger partial charge in [0.2, 0.25) is 0 Å². The summed E-state index contributed by atoms with van der Waals surface area (Å²) in [6.07, 6.45) is 6.93. The third kappa shape index (κ3) is 6.39. The zero-order valence-electron chi connectivity index (χ0n) is 26.8. The molecule has 0 unspecified atom stereocenters. The molecule has 0 fully saturated rings. The van der Waals surface area contributed by atoms with Crippen LogP contribution in [0, 0.1) is 0 Å². The highest BCUT2D eigenvalue weighted by Gasteiger charge is 2.22. The van der Waals surface area contributed by atoms with Gasteiger partial charge in [-0.3, -0.25) is 9.13 Å². The molecule has 5 N–H and O–H groups in total. The van der Waals surface area contributed by atoms with Crippen LogP contribution in [0.1, 0.15) is 36.9 Å². The van der Waals surface area contributed by atoms with Gasteiger partial charge in [0, 0.05) is 12.1 Å². The Morgan fingerprint density at radius 1 is 0.680 bits per heavy atom.